The van der Waals surface area contributed by atoms with Gasteiger partial charge in [0, 0.05) is 26.2 Å². The van der Waals surface area contributed by atoms with Gasteiger partial charge in [0.1, 0.15) is 0 Å². The highest BCUT2D eigenvalue weighted by molar-refractivity contribution is 7.89. The van der Waals surface area contributed by atoms with Gasteiger partial charge in [-0.15, -0.1) is 0 Å². The summed E-state index contributed by atoms with van der Waals surface area (Å²) in [7, 11) is -5.29. The van der Waals surface area contributed by atoms with E-state index in [0.29, 0.717) is 6.42 Å². The van der Waals surface area contributed by atoms with Crippen LogP contribution in [0.1, 0.15) is 27.1 Å². The van der Waals surface area contributed by atoms with Gasteiger partial charge >= 0.3 is 11.9 Å². The van der Waals surface area contributed by atoms with Gasteiger partial charge < -0.3 is 9.47 Å². The van der Waals surface area contributed by atoms with E-state index in [0.717, 1.165) is 0 Å². The first-order valence-electron chi connectivity index (χ1n) is 9.98. The van der Waals surface area contributed by atoms with Gasteiger partial charge in [0.05, 0.1) is 35.1 Å². The molecule has 2 aromatic rings. The van der Waals surface area contributed by atoms with Gasteiger partial charge in [-0.3, -0.25) is 0 Å². The SMILES string of the molecule is COC(=O)c1ccc(S(=O)(=O)N2CCCN(S(=O)(=O)c3ccc(C(=O)OC)cc3)CC2)cc1. The Morgan fingerprint density at radius 2 is 0.970 bits per heavy atom. The molecule has 10 nitrogen and oxygen atoms in total. The van der Waals surface area contributed by atoms with Crippen molar-refractivity contribution in [2.45, 2.75) is 16.2 Å². The molecule has 0 saturated carbocycles. The van der Waals surface area contributed by atoms with Crippen molar-refractivity contribution >= 4 is 32.0 Å². The summed E-state index contributed by atoms with van der Waals surface area (Å²) in [5, 5.41) is 0. The Balaban J connectivity index is 1.75. The highest BCUT2D eigenvalue weighted by Gasteiger charge is 2.32. The minimum atomic E-state index is -3.88. The minimum absolute atomic E-state index is 0.00450. The van der Waals surface area contributed by atoms with Gasteiger partial charge in [0.2, 0.25) is 20.0 Å². The van der Waals surface area contributed by atoms with Crippen LogP contribution < -0.4 is 0 Å². The number of sulfonamides is 2. The number of benzene rings is 2. The number of hydrogen-bond donors (Lipinski definition) is 0. The molecule has 0 bridgehead atoms. The van der Waals surface area contributed by atoms with Crippen LogP contribution >= 0.6 is 0 Å². The lowest BCUT2D eigenvalue weighted by molar-refractivity contribution is 0.0592. The number of rotatable bonds is 6. The molecule has 1 aliphatic heterocycles. The Labute approximate surface area is 192 Å². The molecule has 12 heteroatoms. The van der Waals surface area contributed by atoms with E-state index in [1.807, 2.05) is 0 Å². The lowest BCUT2D eigenvalue weighted by Crippen LogP contribution is -2.37. The van der Waals surface area contributed by atoms with E-state index in [1.54, 1.807) is 0 Å². The third-order valence-corrected chi connectivity index (χ3v) is 9.07. The van der Waals surface area contributed by atoms with Crippen LogP contribution in [0.15, 0.2) is 58.3 Å². The number of carbonyl (C=O) groups excluding carboxylic acids is 2. The molecule has 33 heavy (non-hydrogen) atoms. The molecule has 0 aromatic heterocycles. The first-order valence-corrected chi connectivity index (χ1v) is 12.9. The van der Waals surface area contributed by atoms with Crippen LogP contribution in [0.4, 0.5) is 0 Å². The zero-order valence-corrected chi connectivity index (χ0v) is 19.8. The van der Waals surface area contributed by atoms with Gasteiger partial charge in [0.25, 0.3) is 0 Å². The Kier molecular flexibility index (Phi) is 7.52. The van der Waals surface area contributed by atoms with E-state index < -0.39 is 32.0 Å². The third-order valence-electron chi connectivity index (χ3n) is 5.24. The van der Waals surface area contributed by atoms with Gasteiger partial charge in [-0.1, -0.05) is 0 Å². The van der Waals surface area contributed by atoms with Crippen LogP contribution in [-0.2, 0) is 29.5 Å². The predicted octanol–water partition coefficient (Wildman–Crippen LogP) is 1.35. The van der Waals surface area contributed by atoms with Gasteiger partial charge in [-0.05, 0) is 55.0 Å². The van der Waals surface area contributed by atoms with Crippen LogP contribution in [0.25, 0.3) is 0 Å². The summed E-state index contributed by atoms with van der Waals surface area (Å²) >= 11 is 0. The Bertz CT molecular complexity index is 1130. The highest BCUT2D eigenvalue weighted by atomic mass is 32.2. The third kappa shape index (κ3) is 5.24. The number of nitrogens with zero attached hydrogens (tertiary/aromatic N) is 2. The van der Waals surface area contributed by atoms with Crippen molar-refractivity contribution < 1.29 is 35.9 Å². The molecule has 0 aliphatic carbocycles. The molecule has 0 atom stereocenters. The number of methoxy groups -OCH3 is 2. The standard InChI is InChI=1S/C21H24N2O8S2/c1-30-20(24)16-4-8-18(9-5-16)32(26,27)22-12-3-13-23(15-14-22)33(28,29)19-10-6-17(7-11-19)21(25)31-2/h4-11H,3,12-15H2,1-2H3. The second kappa shape index (κ2) is 10.00. The van der Waals surface area contributed by atoms with Gasteiger partial charge in [-0.2, -0.15) is 8.61 Å². The van der Waals surface area contributed by atoms with E-state index in [1.165, 1.54) is 71.4 Å². The first-order chi connectivity index (χ1) is 15.6. The molecule has 1 saturated heterocycles. The van der Waals surface area contributed by atoms with Gasteiger partial charge in [-0.25, -0.2) is 26.4 Å². The van der Waals surface area contributed by atoms with Crippen LogP contribution in [0.5, 0.6) is 0 Å². The summed E-state index contributed by atoms with van der Waals surface area (Å²) in [5.74, 6) is -1.15. The molecule has 1 aliphatic rings. The van der Waals surface area contributed by atoms with Crippen molar-refractivity contribution in [1.29, 1.82) is 0 Å². The van der Waals surface area contributed by atoms with E-state index in [4.69, 9.17) is 0 Å². The second-order valence-electron chi connectivity index (χ2n) is 7.19. The molecule has 1 heterocycles. The smallest absolute Gasteiger partial charge is 0.337 e. The Hall–Kier alpha value is -2.80. The lowest BCUT2D eigenvalue weighted by Gasteiger charge is -2.22. The quantitative estimate of drug-likeness (QED) is 0.549. The molecule has 1 fully saturated rings. The highest BCUT2D eigenvalue weighted by Crippen LogP contribution is 2.22. The second-order valence-corrected chi connectivity index (χ2v) is 11.1. The summed E-state index contributed by atoms with van der Waals surface area (Å²) in [5.41, 5.74) is 0.450. The zero-order valence-electron chi connectivity index (χ0n) is 18.1. The average Bonchev–Trinajstić information content (AvgIpc) is 3.11. The maximum atomic E-state index is 13.0. The van der Waals surface area contributed by atoms with Gasteiger partial charge in [0.15, 0.2) is 0 Å². The molecular formula is C21H24N2O8S2. The van der Waals surface area contributed by atoms with Crippen LogP contribution in [-0.4, -0.2) is 77.8 Å². The lowest BCUT2D eigenvalue weighted by atomic mass is 10.2. The van der Waals surface area contributed by atoms with E-state index in [-0.39, 0.29) is 47.1 Å². The number of esters is 2. The van der Waals surface area contributed by atoms with Crippen LogP contribution in [0, 0.1) is 0 Å². The minimum Gasteiger partial charge on any atom is -0.465 e. The summed E-state index contributed by atoms with van der Waals surface area (Å²) in [6.07, 6.45) is 0.305. The Morgan fingerprint density at radius 1 is 0.636 bits per heavy atom. The summed E-state index contributed by atoms with van der Waals surface area (Å²) in [6.45, 7) is 0.240. The summed E-state index contributed by atoms with van der Waals surface area (Å²) < 4.78 is 63.9. The van der Waals surface area contributed by atoms with E-state index in [2.05, 4.69) is 9.47 Å². The average molecular weight is 497 g/mol. The fourth-order valence-corrected chi connectivity index (χ4v) is 6.35. The summed E-state index contributed by atoms with van der Waals surface area (Å²) in [6, 6.07) is 10.8. The molecule has 0 N–H and O–H groups in total. The fourth-order valence-electron chi connectivity index (χ4n) is 3.41. The largest absolute Gasteiger partial charge is 0.465 e. The monoisotopic (exact) mass is 496 g/mol. The van der Waals surface area contributed by atoms with Crippen molar-refractivity contribution in [3.05, 3.63) is 59.7 Å². The molecule has 2 aromatic carbocycles. The molecule has 0 spiro atoms. The van der Waals surface area contributed by atoms with E-state index in [9.17, 15) is 26.4 Å². The molecule has 0 radical (unpaired) electrons. The van der Waals surface area contributed by atoms with Crippen molar-refractivity contribution in [2.24, 2.45) is 0 Å². The zero-order chi connectivity index (χ0) is 24.2. The van der Waals surface area contributed by atoms with Crippen molar-refractivity contribution in [3.8, 4) is 0 Å². The number of ether oxygens (including phenoxy) is 2. The van der Waals surface area contributed by atoms with Crippen LogP contribution in [0.3, 0.4) is 0 Å². The molecule has 0 amide bonds. The molecule has 0 unspecified atom stereocenters. The molecule has 3 rings (SSSR count). The maximum absolute atomic E-state index is 13.0. The first kappa shape index (κ1) is 24.8. The number of hydrogen-bond acceptors (Lipinski definition) is 8. The normalized spacial score (nSPS) is 16.1. The summed E-state index contributed by atoms with van der Waals surface area (Å²) in [4.78, 5) is 23.1. The van der Waals surface area contributed by atoms with Crippen molar-refractivity contribution in [3.63, 3.8) is 0 Å². The number of carbonyl (C=O) groups is 2. The molecule has 178 valence electrons. The van der Waals surface area contributed by atoms with Crippen molar-refractivity contribution in [1.82, 2.24) is 8.61 Å². The van der Waals surface area contributed by atoms with Crippen LogP contribution in [0.2, 0.25) is 0 Å². The van der Waals surface area contributed by atoms with E-state index >= 15 is 0 Å². The van der Waals surface area contributed by atoms with Crippen molar-refractivity contribution in [2.75, 3.05) is 40.4 Å². The predicted molar refractivity (Wildman–Crippen MR) is 118 cm³/mol. The fraction of sp³-hybridized carbons (Fsp3) is 0.333. The molecular weight excluding hydrogens is 472 g/mol. The maximum Gasteiger partial charge on any atom is 0.337 e. The Morgan fingerprint density at radius 3 is 1.27 bits per heavy atom. The topological polar surface area (TPSA) is 127 Å².